The molecule has 0 atom stereocenters. The maximum atomic E-state index is 13.9. The summed E-state index contributed by atoms with van der Waals surface area (Å²) in [6.07, 6.45) is 6.76. The fraction of sp³-hybridized carbons (Fsp3) is 0.333. The van der Waals surface area contributed by atoms with Crippen molar-refractivity contribution < 1.29 is 9.50 Å². The zero-order chi connectivity index (χ0) is 16.5. The van der Waals surface area contributed by atoms with Crippen molar-refractivity contribution in [3.63, 3.8) is 0 Å². The average molecular weight is 326 g/mol. The number of rotatable bonds is 3. The Morgan fingerprint density at radius 1 is 1.12 bits per heavy atom. The molecule has 0 unspecified atom stereocenters. The largest absolute Gasteiger partial charge is 0.393 e. The zero-order valence-corrected chi connectivity index (χ0v) is 13.2. The maximum absolute atomic E-state index is 13.9. The second kappa shape index (κ2) is 6.20. The SMILES string of the molecule is OC1CCC(Nc2nccc(-n3ccc4c(F)cccc43)n2)CC1. The molecule has 24 heavy (non-hydrogen) atoms. The van der Waals surface area contributed by atoms with Crippen molar-refractivity contribution in [2.75, 3.05) is 5.32 Å². The molecular weight excluding hydrogens is 307 g/mol. The molecule has 2 aromatic heterocycles. The average Bonchev–Trinajstić information content (AvgIpc) is 3.03. The van der Waals surface area contributed by atoms with Crippen molar-refractivity contribution in [3.8, 4) is 5.82 Å². The molecule has 3 aromatic rings. The van der Waals surface area contributed by atoms with Crippen LogP contribution in [0.25, 0.3) is 16.7 Å². The summed E-state index contributed by atoms with van der Waals surface area (Å²) in [6, 6.07) is 8.86. The fourth-order valence-corrected chi connectivity index (χ4v) is 3.29. The van der Waals surface area contributed by atoms with E-state index < -0.39 is 0 Å². The number of nitrogens with zero attached hydrogens (tertiary/aromatic N) is 3. The van der Waals surface area contributed by atoms with Crippen molar-refractivity contribution >= 4 is 16.9 Å². The maximum Gasteiger partial charge on any atom is 0.224 e. The van der Waals surface area contributed by atoms with Crippen molar-refractivity contribution in [2.45, 2.75) is 37.8 Å². The van der Waals surface area contributed by atoms with Gasteiger partial charge in [0.15, 0.2) is 0 Å². The molecule has 1 aromatic carbocycles. The molecule has 0 amide bonds. The number of hydrogen-bond acceptors (Lipinski definition) is 4. The van der Waals surface area contributed by atoms with Crippen LogP contribution in [0, 0.1) is 5.82 Å². The van der Waals surface area contributed by atoms with Gasteiger partial charge >= 0.3 is 0 Å². The number of benzene rings is 1. The van der Waals surface area contributed by atoms with Gasteiger partial charge in [-0.15, -0.1) is 0 Å². The molecular formula is C18H19FN4O. The summed E-state index contributed by atoms with van der Waals surface area (Å²) in [6.45, 7) is 0. The molecule has 0 radical (unpaired) electrons. The molecule has 0 spiro atoms. The summed E-state index contributed by atoms with van der Waals surface area (Å²) in [4.78, 5) is 8.85. The highest BCUT2D eigenvalue weighted by molar-refractivity contribution is 5.82. The van der Waals surface area contributed by atoms with Gasteiger partial charge in [-0.3, -0.25) is 0 Å². The van der Waals surface area contributed by atoms with Gasteiger partial charge in [0.1, 0.15) is 11.6 Å². The Morgan fingerprint density at radius 3 is 2.79 bits per heavy atom. The Balaban J connectivity index is 1.61. The lowest BCUT2D eigenvalue weighted by atomic mass is 9.93. The number of halogens is 1. The number of aliphatic hydroxyl groups is 1. The van der Waals surface area contributed by atoms with Gasteiger partial charge in [0.25, 0.3) is 0 Å². The lowest BCUT2D eigenvalue weighted by Crippen LogP contribution is -2.29. The van der Waals surface area contributed by atoms with Crippen LogP contribution in [0.4, 0.5) is 10.3 Å². The highest BCUT2D eigenvalue weighted by Crippen LogP contribution is 2.23. The second-order valence-corrected chi connectivity index (χ2v) is 6.25. The van der Waals surface area contributed by atoms with E-state index in [0.29, 0.717) is 17.2 Å². The van der Waals surface area contributed by atoms with Gasteiger partial charge in [0.2, 0.25) is 5.95 Å². The fourth-order valence-electron chi connectivity index (χ4n) is 3.29. The van der Waals surface area contributed by atoms with Crippen LogP contribution in [0.1, 0.15) is 25.7 Å². The molecule has 0 saturated heterocycles. The topological polar surface area (TPSA) is 63.0 Å². The van der Waals surface area contributed by atoms with Crippen molar-refractivity contribution in [1.29, 1.82) is 0 Å². The van der Waals surface area contributed by atoms with Crippen LogP contribution in [0.15, 0.2) is 42.7 Å². The van der Waals surface area contributed by atoms with Gasteiger partial charge in [0, 0.05) is 23.8 Å². The summed E-state index contributed by atoms with van der Waals surface area (Å²) in [5, 5.41) is 13.5. The molecule has 1 aliphatic rings. The zero-order valence-electron chi connectivity index (χ0n) is 13.2. The normalized spacial score (nSPS) is 21.1. The van der Waals surface area contributed by atoms with Crippen LogP contribution < -0.4 is 5.32 Å². The number of aromatic nitrogens is 3. The Bertz CT molecular complexity index is 855. The first-order valence-electron chi connectivity index (χ1n) is 8.24. The van der Waals surface area contributed by atoms with Gasteiger partial charge in [0.05, 0.1) is 11.6 Å². The van der Waals surface area contributed by atoms with E-state index in [9.17, 15) is 9.50 Å². The van der Waals surface area contributed by atoms with E-state index >= 15 is 0 Å². The molecule has 6 heteroatoms. The molecule has 1 fully saturated rings. The number of fused-ring (bicyclic) bond motifs is 1. The van der Waals surface area contributed by atoms with E-state index in [1.165, 1.54) is 6.07 Å². The molecule has 2 heterocycles. The lowest BCUT2D eigenvalue weighted by Gasteiger charge is -2.26. The first-order valence-corrected chi connectivity index (χ1v) is 8.24. The molecule has 1 aliphatic carbocycles. The summed E-state index contributed by atoms with van der Waals surface area (Å²) in [5.74, 6) is 1.02. The first kappa shape index (κ1) is 15.1. The van der Waals surface area contributed by atoms with Crippen LogP contribution in [0.3, 0.4) is 0 Å². The third-order valence-corrected chi connectivity index (χ3v) is 4.60. The van der Waals surface area contributed by atoms with E-state index in [4.69, 9.17) is 0 Å². The first-order chi connectivity index (χ1) is 11.7. The monoisotopic (exact) mass is 326 g/mol. The van der Waals surface area contributed by atoms with Crippen LogP contribution in [-0.4, -0.2) is 31.8 Å². The summed E-state index contributed by atoms with van der Waals surface area (Å²) >= 11 is 0. The Morgan fingerprint density at radius 2 is 1.96 bits per heavy atom. The van der Waals surface area contributed by atoms with Crippen molar-refractivity contribution in [3.05, 3.63) is 48.5 Å². The molecule has 0 bridgehead atoms. The minimum absolute atomic E-state index is 0.184. The van der Waals surface area contributed by atoms with E-state index in [1.54, 1.807) is 24.4 Å². The standard InChI is InChI=1S/C18H19FN4O/c19-15-2-1-3-16-14(15)9-11-23(16)17-8-10-20-18(22-17)21-12-4-6-13(24)7-5-12/h1-3,8-13,24H,4-7H2,(H,20,21,22). The molecule has 5 nitrogen and oxygen atoms in total. The smallest absolute Gasteiger partial charge is 0.224 e. The van der Waals surface area contributed by atoms with Crippen molar-refractivity contribution in [1.82, 2.24) is 14.5 Å². The molecule has 1 saturated carbocycles. The third-order valence-electron chi connectivity index (χ3n) is 4.60. The summed E-state index contributed by atoms with van der Waals surface area (Å²) in [5.41, 5.74) is 0.778. The summed E-state index contributed by atoms with van der Waals surface area (Å²) in [7, 11) is 0. The highest BCUT2D eigenvalue weighted by Gasteiger charge is 2.20. The quantitative estimate of drug-likeness (QED) is 0.775. The Labute approximate surface area is 139 Å². The number of aliphatic hydroxyl groups excluding tert-OH is 1. The number of nitrogens with one attached hydrogen (secondary N) is 1. The Kier molecular flexibility index (Phi) is 3.90. The number of anilines is 1. The minimum atomic E-state index is -0.237. The minimum Gasteiger partial charge on any atom is -0.393 e. The van der Waals surface area contributed by atoms with E-state index in [1.807, 2.05) is 16.8 Å². The van der Waals surface area contributed by atoms with Gasteiger partial charge in [-0.2, -0.15) is 4.98 Å². The van der Waals surface area contributed by atoms with E-state index in [0.717, 1.165) is 31.2 Å². The van der Waals surface area contributed by atoms with Crippen LogP contribution in [0.5, 0.6) is 0 Å². The van der Waals surface area contributed by atoms with Gasteiger partial charge < -0.3 is 15.0 Å². The molecule has 2 N–H and O–H groups in total. The highest BCUT2D eigenvalue weighted by atomic mass is 19.1. The van der Waals surface area contributed by atoms with Crippen LogP contribution in [-0.2, 0) is 0 Å². The number of hydrogen-bond donors (Lipinski definition) is 2. The molecule has 0 aliphatic heterocycles. The van der Waals surface area contributed by atoms with Gasteiger partial charge in [-0.25, -0.2) is 9.37 Å². The predicted molar refractivity (Wildman–Crippen MR) is 90.7 cm³/mol. The molecule has 4 rings (SSSR count). The predicted octanol–water partition coefficient (Wildman–Crippen LogP) is 3.28. The molecule has 124 valence electrons. The summed E-state index contributed by atoms with van der Waals surface area (Å²) < 4.78 is 15.7. The van der Waals surface area contributed by atoms with Crippen LogP contribution >= 0.6 is 0 Å². The van der Waals surface area contributed by atoms with Gasteiger partial charge in [-0.1, -0.05) is 6.07 Å². The lowest BCUT2D eigenvalue weighted by molar-refractivity contribution is 0.126. The third kappa shape index (κ3) is 2.85. The van der Waals surface area contributed by atoms with Gasteiger partial charge in [-0.05, 0) is 49.9 Å². The van der Waals surface area contributed by atoms with Crippen LogP contribution in [0.2, 0.25) is 0 Å². The van der Waals surface area contributed by atoms with E-state index in [-0.39, 0.29) is 18.0 Å². The van der Waals surface area contributed by atoms with E-state index in [2.05, 4.69) is 15.3 Å². The second-order valence-electron chi connectivity index (χ2n) is 6.25. The Hall–Kier alpha value is -2.47. The van der Waals surface area contributed by atoms with Crippen molar-refractivity contribution in [2.24, 2.45) is 0 Å².